The molecule has 8 heteroatoms. The summed E-state index contributed by atoms with van der Waals surface area (Å²) in [6, 6.07) is 2.81. The lowest BCUT2D eigenvalue weighted by Gasteiger charge is -2.31. The summed E-state index contributed by atoms with van der Waals surface area (Å²) < 4.78 is 32.2. The van der Waals surface area contributed by atoms with Crippen molar-refractivity contribution < 1.29 is 17.6 Å². The first-order chi connectivity index (χ1) is 11.6. The van der Waals surface area contributed by atoms with Crippen LogP contribution in [0.2, 0.25) is 0 Å². The maximum atomic E-state index is 12.3. The van der Waals surface area contributed by atoms with Gasteiger partial charge in [-0.25, -0.2) is 13.1 Å². The molecule has 1 saturated heterocycles. The second-order valence-electron chi connectivity index (χ2n) is 7.56. The Morgan fingerprint density at radius 3 is 2.48 bits per heavy atom. The molecule has 0 aromatic carbocycles. The number of piperidine rings is 1. The lowest BCUT2D eigenvalue weighted by Crippen LogP contribution is -2.44. The molecule has 0 unspecified atom stereocenters. The third kappa shape index (κ3) is 5.83. The standard InChI is InChI=1S/C17H29N3O4S/c1-5-10-20-11-8-13(9-12-20)18-16(21)14-6-7-15(24-14)25(22,23)19-17(2,3)4/h6-7,13,19H,5,8-12H2,1-4H3,(H,18,21). The van der Waals surface area contributed by atoms with Gasteiger partial charge in [0.1, 0.15) is 0 Å². The van der Waals surface area contributed by atoms with E-state index in [4.69, 9.17) is 4.42 Å². The van der Waals surface area contributed by atoms with Gasteiger partial charge in [-0.15, -0.1) is 0 Å². The number of sulfonamides is 1. The first-order valence-electron chi connectivity index (χ1n) is 8.78. The molecule has 2 heterocycles. The fourth-order valence-corrected chi connectivity index (χ4v) is 4.27. The van der Waals surface area contributed by atoms with Crippen molar-refractivity contribution in [2.24, 2.45) is 0 Å². The Bertz CT molecular complexity index is 683. The number of nitrogens with zero attached hydrogens (tertiary/aromatic N) is 1. The molecule has 0 saturated carbocycles. The first-order valence-corrected chi connectivity index (χ1v) is 10.3. The molecular weight excluding hydrogens is 342 g/mol. The van der Waals surface area contributed by atoms with E-state index in [2.05, 4.69) is 21.9 Å². The molecule has 0 bridgehead atoms. The van der Waals surface area contributed by atoms with Gasteiger partial charge in [-0.3, -0.25) is 4.79 Å². The van der Waals surface area contributed by atoms with Crippen LogP contribution in [0.15, 0.2) is 21.6 Å². The van der Waals surface area contributed by atoms with Crippen LogP contribution < -0.4 is 10.0 Å². The van der Waals surface area contributed by atoms with E-state index in [0.29, 0.717) is 0 Å². The second kappa shape index (κ2) is 7.88. The third-order valence-corrected chi connectivity index (χ3v) is 5.60. The van der Waals surface area contributed by atoms with Gasteiger partial charge in [-0.1, -0.05) is 6.92 Å². The Balaban J connectivity index is 1.95. The van der Waals surface area contributed by atoms with Gasteiger partial charge in [0.25, 0.3) is 15.9 Å². The zero-order chi connectivity index (χ0) is 18.7. The highest BCUT2D eigenvalue weighted by Crippen LogP contribution is 2.17. The van der Waals surface area contributed by atoms with Gasteiger partial charge in [0, 0.05) is 24.7 Å². The van der Waals surface area contributed by atoms with Crippen molar-refractivity contribution in [1.82, 2.24) is 14.9 Å². The molecule has 7 nitrogen and oxygen atoms in total. The average molecular weight is 372 g/mol. The monoisotopic (exact) mass is 371 g/mol. The van der Waals surface area contributed by atoms with Crippen LogP contribution in [0.25, 0.3) is 0 Å². The molecule has 1 aromatic rings. The quantitative estimate of drug-likeness (QED) is 0.798. The minimum Gasteiger partial charge on any atom is -0.438 e. The first kappa shape index (κ1) is 19.9. The summed E-state index contributed by atoms with van der Waals surface area (Å²) in [5, 5.41) is 2.69. The van der Waals surface area contributed by atoms with Gasteiger partial charge in [0.15, 0.2) is 5.76 Å². The van der Waals surface area contributed by atoms with Gasteiger partial charge in [0.05, 0.1) is 0 Å². The molecule has 2 N–H and O–H groups in total. The van der Waals surface area contributed by atoms with Crippen LogP contribution in [-0.4, -0.2) is 50.4 Å². The minimum atomic E-state index is -3.78. The number of likely N-dealkylation sites (tertiary alicyclic amines) is 1. The Morgan fingerprint density at radius 1 is 1.28 bits per heavy atom. The van der Waals surface area contributed by atoms with Crippen LogP contribution in [-0.2, 0) is 10.0 Å². The van der Waals surface area contributed by atoms with E-state index in [1.807, 2.05) is 0 Å². The molecule has 2 rings (SSSR count). The van der Waals surface area contributed by atoms with Crippen molar-refractivity contribution >= 4 is 15.9 Å². The second-order valence-corrected chi connectivity index (χ2v) is 9.18. The average Bonchev–Trinajstić information content (AvgIpc) is 2.98. The molecule has 1 fully saturated rings. The summed E-state index contributed by atoms with van der Waals surface area (Å²) in [5.74, 6) is -0.351. The number of hydrogen-bond donors (Lipinski definition) is 2. The van der Waals surface area contributed by atoms with Gasteiger partial charge in [0.2, 0.25) is 5.09 Å². The SMILES string of the molecule is CCCN1CCC(NC(=O)c2ccc(S(=O)(=O)NC(C)(C)C)o2)CC1. The zero-order valence-corrected chi connectivity index (χ0v) is 16.3. The molecule has 0 aliphatic carbocycles. The number of hydrogen-bond acceptors (Lipinski definition) is 5. The third-order valence-electron chi connectivity index (χ3n) is 3.97. The summed E-state index contributed by atoms with van der Waals surface area (Å²) in [7, 11) is -3.78. The van der Waals surface area contributed by atoms with E-state index in [1.165, 1.54) is 12.1 Å². The molecule has 0 spiro atoms. The van der Waals surface area contributed by atoms with E-state index in [-0.39, 0.29) is 22.8 Å². The normalized spacial score (nSPS) is 17.6. The zero-order valence-electron chi connectivity index (χ0n) is 15.5. The Hall–Kier alpha value is -1.38. The largest absolute Gasteiger partial charge is 0.438 e. The summed E-state index contributed by atoms with van der Waals surface area (Å²) in [6.45, 7) is 10.4. The molecule has 1 amide bonds. The number of amides is 1. The van der Waals surface area contributed by atoms with E-state index in [1.54, 1.807) is 20.8 Å². The van der Waals surface area contributed by atoms with Crippen molar-refractivity contribution in [3.05, 3.63) is 17.9 Å². The maximum absolute atomic E-state index is 12.3. The van der Waals surface area contributed by atoms with E-state index < -0.39 is 15.6 Å². The van der Waals surface area contributed by atoms with Crippen LogP contribution in [0.1, 0.15) is 57.5 Å². The molecular formula is C17H29N3O4S. The number of carbonyl (C=O) groups excluding carboxylic acids is 1. The minimum absolute atomic E-state index is 0.0188. The van der Waals surface area contributed by atoms with Crippen molar-refractivity contribution in [2.75, 3.05) is 19.6 Å². The number of furan rings is 1. The highest BCUT2D eigenvalue weighted by atomic mass is 32.2. The highest BCUT2D eigenvalue weighted by Gasteiger charge is 2.27. The lowest BCUT2D eigenvalue weighted by atomic mass is 10.0. The fourth-order valence-electron chi connectivity index (χ4n) is 2.91. The van der Waals surface area contributed by atoms with Crippen LogP contribution >= 0.6 is 0 Å². The highest BCUT2D eigenvalue weighted by molar-refractivity contribution is 7.89. The van der Waals surface area contributed by atoms with Crippen molar-refractivity contribution in [1.29, 1.82) is 0 Å². The predicted octanol–water partition coefficient (Wildman–Crippen LogP) is 1.96. The van der Waals surface area contributed by atoms with Gasteiger partial charge in [-0.05, 0) is 58.7 Å². The molecule has 0 atom stereocenters. The van der Waals surface area contributed by atoms with Gasteiger partial charge in [-0.2, -0.15) is 0 Å². The molecule has 1 aliphatic rings. The maximum Gasteiger partial charge on any atom is 0.287 e. The van der Waals surface area contributed by atoms with Crippen LogP contribution in [0.4, 0.5) is 0 Å². The van der Waals surface area contributed by atoms with E-state index >= 15 is 0 Å². The number of nitrogens with one attached hydrogen (secondary N) is 2. The summed E-state index contributed by atoms with van der Waals surface area (Å²) in [6.07, 6.45) is 2.91. The summed E-state index contributed by atoms with van der Waals surface area (Å²) >= 11 is 0. The predicted molar refractivity (Wildman–Crippen MR) is 96.0 cm³/mol. The Labute approximate surface area is 150 Å². The van der Waals surface area contributed by atoms with E-state index in [0.717, 1.165) is 38.9 Å². The van der Waals surface area contributed by atoms with Crippen molar-refractivity contribution in [2.45, 2.75) is 63.6 Å². The smallest absolute Gasteiger partial charge is 0.287 e. The lowest BCUT2D eigenvalue weighted by molar-refractivity contribution is 0.0878. The van der Waals surface area contributed by atoms with Gasteiger partial charge < -0.3 is 14.6 Å². The molecule has 1 aliphatic heterocycles. The topological polar surface area (TPSA) is 91.7 Å². The number of rotatable bonds is 6. The van der Waals surface area contributed by atoms with Crippen molar-refractivity contribution in [3.63, 3.8) is 0 Å². The van der Waals surface area contributed by atoms with Crippen LogP contribution in [0, 0.1) is 0 Å². The molecule has 25 heavy (non-hydrogen) atoms. The van der Waals surface area contributed by atoms with Crippen molar-refractivity contribution in [3.8, 4) is 0 Å². The van der Waals surface area contributed by atoms with Crippen LogP contribution in [0.3, 0.4) is 0 Å². The Kier molecular flexibility index (Phi) is 6.29. The van der Waals surface area contributed by atoms with Crippen LogP contribution in [0.5, 0.6) is 0 Å². The van der Waals surface area contributed by atoms with Gasteiger partial charge >= 0.3 is 0 Å². The number of carbonyl (C=O) groups is 1. The molecule has 1 aromatic heterocycles. The molecule has 0 radical (unpaired) electrons. The summed E-state index contributed by atoms with van der Waals surface area (Å²) in [4.78, 5) is 14.7. The summed E-state index contributed by atoms with van der Waals surface area (Å²) in [5.41, 5.74) is -0.624. The molecule has 142 valence electrons. The fraction of sp³-hybridized carbons (Fsp3) is 0.706. The Morgan fingerprint density at radius 2 is 1.92 bits per heavy atom. The van der Waals surface area contributed by atoms with E-state index in [9.17, 15) is 13.2 Å².